The fraction of sp³-hybridized carbons (Fsp3) is 0.600. The molecule has 0 aliphatic rings. The number of aliphatic hydroxyl groups excluding tert-OH is 1. The zero-order chi connectivity index (χ0) is 11.8. The van der Waals surface area contributed by atoms with Crippen LogP contribution in [0.2, 0.25) is 0 Å². The molecule has 0 saturated carbocycles. The molecule has 5 nitrogen and oxygen atoms in total. The molecule has 1 aromatic heterocycles. The Morgan fingerprint density at radius 3 is 3.06 bits per heavy atom. The van der Waals surface area contributed by atoms with Gasteiger partial charge in [-0.15, -0.1) is 0 Å². The molecule has 16 heavy (non-hydrogen) atoms. The van der Waals surface area contributed by atoms with Crippen molar-refractivity contribution in [3.05, 3.63) is 18.0 Å². The van der Waals surface area contributed by atoms with Gasteiger partial charge in [0.05, 0.1) is 11.8 Å². The number of rotatable bonds is 7. The van der Waals surface area contributed by atoms with Gasteiger partial charge in [-0.3, -0.25) is 9.48 Å². The van der Waals surface area contributed by atoms with Crippen LogP contribution in [0.15, 0.2) is 12.4 Å². The van der Waals surface area contributed by atoms with E-state index in [1.54, 1.807) is 35.9 Å². The molecule has 2 N–H and O–H groups in total. The summed E-state index contributed by atoms with van der Waals surface area (Å²) in [5.74, 6) is 1.71. The summed E-state index contributed by atoms with van der Waals surface area (Å²) in [5.41, 5.74) is 0.586. The van der Waals surface area contributed by atoms with Crippen molar-refractivity contribution < 1.29 is 9.90 Å². The molecule has 0 aliphatic carbocycles. The van der Waals surface area contributed by atoms with Crippen molar-refractivity contribution in [3.8, 4) is 0 Å². The van der Waals surface area contributed by atoms with Gasteiger partial charge in [0.25, 0.3) is 5.91 Å². The molecule has 6 heteroatoms. The molecule has 0 radical (unpaired) electrons. The number of nitrogens with zero attached hydrogens (tertiary/aromatic N) is 2. The average Bonchev–Trinajstić information content (AvgIpc) is 2.70. The quantitative estimate of drug-likeness (QED) is 0.674. The maximum atomic E-state index is 11.5. The summed E-state index contributed by atoms with van der Waals surface area (Å²) in [7, 11) is 1.78. The molecular formula is C10H17N3O2S. The number of amides is 1. The van der Waals surface area contributed by atoms with Gasteiger partial charge >= 0.3 is 0 Å². The molecule has 90 valence electrons. The van der Waals surface area contributed by atoms with Crippen LogP contribution in [0.5, 0.6) is 0 Å². The monoisotopic (exact) mass is 243 g/mol. The van der Waals surface area contributed by atoms with Crippen molar-refractivity contribution in [1.82, 2.24) is 15.1 Å². The summed E-state index contributed by atoms with van der Waals surface area (Å²) in [4.78, 5) is 11.5. The lowest BCUT2D eigenvalue weighted by molar-refractivity contribution is 0.0956. The first-order valence-corrected chi connectivity index (χ1v) is 6.35. The Balaban J connectivity index is 2.11. The summed E-state index contributed by atoms with van der Waals surface area (Å²) in [6.07, 6.45) is 4.05. The normalized spacial score (nSPS) is 10.4. The summed E-state index contributed by atoms with van der Waals surface area (Å²) < 4.78 is 1.60. The van der Waals surface area contributed by atoms with E-state index in [1.807, 2.05) is 0 Å². The number of carbonyl (C=O) groups is 1. The number of aliphatic hydroxyl groups is 1. The zero-order valence-electron chi connectivity index (χ0n) is 9.35. The minimum Gasteiger partial charge on any atom is -0.396 e. The number of nitrogens with one attached hydrogen (secondary N) is 1. The van der Waals surface area contributed by atoms with E-state index in [1.165, 1.54) is 0 Å². The van der Waals surface area contributed by atoms with Crippen LogP contribution in [0.4, 0.5) is 0 Å². The Bertz CT molecular complexity index is 328. The third kappa shape index (κ3) is 4.67. The highest BCUT2D eigenvalue weighted by Crippen LogP contribution is 2.01. The van der Waals surface area contributed by atoms with Crippen molar-refractivity contribution in [2.24, 2.45) is 7.05 Å². The van der Waals surface area contributed by atoms with Gasteiger partial charge in [0.2, 0.25) is 0 Å². The maximum Gasteiger partial charge on any atom is 0.254 e. The standard InChI is InChI=1S/C10H17N3O2S/c1-13-8-9(7-12-13)10(15)11-3-6-16-5-2-4-14/h7-8,14H,2-6H2,1H3,(H,11,15). The van der Waals surface area contributed by atoms with Crippen LogP contribution in [-0.4, -0.2) is 45.5 Å². The Kier molecular flexibility index (Phi) is 5.95. The molecule has 1 heterocycles. The van der Waals surface area contributed by atoms with Gasteiger partial charge in [-0.05, 0) is 12.2 Å². The second-order valence-corrected chi connectivity index (χ2v) is 4.57. The lowest BCUT2D eigenvalue weighted by Gasteiger charge is -2.02. The Morgan fingerprint density at radius 1 is 1.62 bits per heavy atom. The number of hydrogen-bond acceptors (Lipinski definition) is 4. The number of carbonyl (C=O) groups excluding carboxylic acids is 1. The summed E-state index contributed by atoms with van der Waals surface area (Å²) >= 11 is 1.72. The lowest BCUT2D eigenvalue weighted by atomic mass is 10.3. The second-order valence-electron chi connectivity index (χ2n) is 3.35. The van der Waals surface area contributed by atoms with Crippen molar-refractivity contribution in [1.29, 1.82) is 0 Å². The van der Waals surface area contributed by atoms with Gasteiger partial charge in [0.1, 0.15) is 0 Å². The van der Waals surface area contributed by atoms with Gasteiger partial charge in [0.15, 0.2) is 0 Å². The first-order chi connectivity index (χ1) is 7.74. The molecule has 0 aromatic carbocycles. The van der Waals surface area contributed by atoms with Crippen molar-refractivity contribution in [2.75, 3.05) is 24.7 Å². The second kappa shape index (κ2) is 7.29. The van der Waals surface area contributed by atoms with E-state index < -0.39 is 0 Å². The Labute approximate surface area is 99.2 Å². The smallest absolute Gasteiger partial charge is 0.254 e. The number of hydrogen-bond donors (Lipinski definition) is 2. The molecule has 0 fully saturated rings. The highest BCUT2D eigenvalue weighted by molar-refractivity contribution is 7.99. The fourth-order valence-electron chi connectivity index (χ4n) is 1.15. The topological polar surface area (TPSA) is 67.2 Å². The van der Waals surface area contributed by atoms with Crippen LogP contribution < -0.4 is 5.32 Å². The van der Waals surface area contributed by atoms with Crippen LogP contribution in [0, 0.1) is 0 Å². The maximum absolute atomic E-state index is 11.5. The SMILES string of the molecule is Cn1cc(C(=O)NCCSCCCO)cn1. The molecule has 0 atom stereocenters. The van der Waals surface area contributed by atoms with E-state index in [0.717, 1.165) is 17.9 Å². The van der Waals surface area contributed by atoms with Gasteiger partial charge in [-0.2, -0.15) is 16.9 Å². The lowest BCUT2D eigenvalue weighted by Crippen LogP contribution is -2.25. The molecule has 0 bridgehead atoms. The van der Waals surface area contributed by atoms with Gasteiger partial charge < -0.3 is 10.4 Å². The van der Waals surface area contributed by atoms with E-state index in [0.29, 0.717) is 12.1 Å². The molecule has 0 unspecified atom stereocenters. The van der Waals surface area contributed by atoms with E-state index in [-0.39, 0.29) is 12.5 Å². The summed E-state index contributed by atoms with van der Waals surface area (Å²) in [5, 5.41) is 15.3. The van der Waals surface area contributed by atoms with Crippen LogP contribution in [0.25, 0.3) is 0 Å². The van der Waals surface area contributed by atoms with E-state index >= 15 is 0 Å². The van der Waals surface area contributed by atoms with E-state index in [2.05, 4.69) is 10.4 Å². The van der Waals surface area contributed by atoms with Crippen molar-refractivity contribution in [3.63, 3.8) is 0 Å². The Morgan fingerprint density at radius 2 is 2.44 bits per heavy atom. The number of thioether (sulfide) groups is 1. The number of aryl methyl sites for hydroxylation is 1. The van der Waals surface area contributed by atoms with Crippen molar-refractivity contribution >= 4 is 17.7 Å². The highest BCUT2D eigenvalue weighted by Gasteiger charge is 2.05. The van der Waals surface area contributed by atoms with Gasteiger partial charge in [-0.25, -0.2) is 0 Å². The summed E-state index contributed by atoms with van der Waals surface area (Å²) in [6, 6.07) is 0. The molecule has 0 spiro atoms. The average molecular weight is 243 g/mol. The molecule has 1 rings (SSSR count). The minimum atomic E-state index is -0.0872. The van der Waals surface area contributed by atoms with Crippen LogP contribution in [0.3, 0.4) is 0 Å². The zero-order valence-corrected chi connectivity index (χ0v) is 10.2. The van der Waals surface area contributed by atoms with E-state index in [9.17, 15) is 4.79 Å². The van der Waals surface area contributed by atoms with Crippen LogP contribution in [0.1, 0.15) is 16.8 Å². The predicted octanol–water partition coefficient (Wildman–Crippen LogP) is 0.265. The molecule has 0 saturated heterocycles. The largest absolute Gasteiger partial charge is 0.396 e. The third-order valence-corrected chi connectivity index (χ3v) is 3.02. The molecule has 1 aromatic rings. The molecule has 1 amide bonds. The van der Waals surface area contributed by atoms with Crippen LogP contribution >= 0.6 is 11.8 Å². The van der Waals surface area contributed by atoms with E-state index in [4.69, 9.17) is 5.11 Å². The molecule has 0 aliphatic heterocycles. The van der Waals surface area contributed by atoms with Gasteiger partial charge in [-0.1, -0.05) is 0 Å². The fourth-order valence-corrected chi connectivity index (χ4v) is 1.93. The minimum absolute atomic E-state index is 0.0872. The Hall–Kier alpha value is -1.01. The highest BCUT2D eigenvalue weighted by atomic mass is 32.2. The first-order valence-electron chi connectivity index (χ1n) is 5.19. The van der Waals surface area contributed by atoms with Gasteiger partial charge in [0, 0.05) is 32.1 Å². The van der Waals surface area contributed by atoms with Crippen LogP contribution in [-0.2, 0) is 7.05 Å². The molecular weight excluding hydrogens is 226 g/mol. The third-order valence-electron chi connectivity index (χ3n) is 1.95. The predicted molar refractivity (Wildman–Crippen MR) is 64.6 cm³/mol. The van der Waals surface area contributed by atoms with Crippen molar-refractivity contribution in [2.45, 2.75) is 6.42 Å². The first kappa shape index (κ1) is 13.1. The number of aromatic nitrogens is 2. The summed E-state index contributed by atoms with van der Waals surface area (Å²) in [6.45, 7) is 0.874.